The van der Waals surface area contributed by atoms with Crippen LogP contribution < -0.4 is 5.32 Å². The number of imidazole rings is 1. The number of hydrogen-bond donors (Lipinski definition) is 1. The molecule has 5 nitrogen and oxygen atoms in total. The number of nitrogens with zero attached hydrogens (tertiary/aromatic N) is 3. The number of carbonyl (C=O) groups excluding carboxylic acids is 1. The van der Waals surface area contributed by atoms with Gasteiger partial charge in [-0.15, -0.1) is 0 Å². The first kappa shape index (κ1) is 16.3. The third-order valence-electron chi connectivity index (χ3n) is 3.96. The minimum atomic E-state index is -0.110. The Kier molecular flexibility index (Phi) is 4.14. The number of benzene rings is 2. The third kappa shape index (κ3) is 3.17. The first-order chi connectivity index (χ1) is 12.6. The molecule has 0 spiro atoms. The first-order valence-corrected chi connectivity index (χ1v) is 8.47. The Hall–Kier alpha value is -3.18. The Morgan fingerprint density at radius 2 is 1.85 bits per heavy atom. The van der Waals surface area contributed by atoms with E-state index < -0.39 is 0 Å². The quantitative estimate of drug-likeness (QED) is 0.576. The molecule has 0 aliphatic carbocycles. The summed E-state index contributed by atoms with van der Waals surface area (Å²) in [6.07, 6.45) is 1.77. The van der Waals surface area contributed by atoms with Crippen LogP contribution in [-0.2, 0) is 4.79 Å². The Bertz CT molecular complexity index is 1120. The van der Waals surface area contributed by atoms with Crippen molar-refractivity contribution in [2.45, 2.75) is 6.92 Å². The minimum Gasteiger partial charge on any atom is -0.326 e. The van der Waals surface area contributed by atoms with Gasteiger partial charge in [0.1, 0.15) is 0 Å². The van der Waals surface area contributed by atoms with E-state index in [-0.39, 0.29) is 5.91 Å². The zero-order chi connectivity index (χ0) is 18.1. The molecule has 2 aromatic carbocycles. The number of carbonyl (C=O) groups is 1. The van der Waals surface area contributed by atoms with Gasteiger partial charge in [-0.1, -0.05) is 35.9 Å². The largest absolute Gasteiger partial charge is 0.326 e. The summed E-state index contributed by atoms with van der Waals surface area (Å²) in [6.45, 7) is 1.49. The highest BCUT2D eigenvalue weighted by Crippen LogP contribution is 2.26. The molecule has 0 bridgehead atoms. The maximum absolute atomic E-state index is 11.3. The van der Waals surface area contributed by atoms with Gasteiger partial charge in [0.2, 0.25) is 5.91 Å². The Labute approximate surface area is 155 Å². The molecule has 0 fully saturated rings. The van der Waals surface area contributed by atoms with Crippen molar-refractivity contribution in [2.75, 3.05) is 5.32 Å². The molecule has 4 aromatic rings. The van der Waals surface area contributed by atoms with Gasteiger partial charge < -0.3 is 5.32 Å². The molecule has 4 rings (SSSR count). The molecule has 2 aromatic heterocycles. The molecule has 26 heavy (non-hydrogen) atoms. The number of halogens is 1. The fourth-order valence-electron chi connectivity index (χ4n) is 2.83. The van der Waals surface area contributed by atoms with Crippen molar-refractivity contribution >= 4 is 28.8 Å². The lowest BCUT2D eigenvalue weighted by atomic mass is 10.1. The van der Waals surface area contributed by atoms with Crippen molar-refractivity contribution in [3.05, 3.63) is 71.9 Å². The predicted octanol–water partition coefficient (Wildman–Crippen LogP) is 4.68. The third-order valence-corrected chi connectivity index (χ3v) is 4.20. The zero-order valence-corrected chi connectivity index (χ0v) is 14.7. The van der Waals surface area contributed by atoms with E-state index in [0.29, 0.717) is 5.02 Å². The molecule has 0 saturated carbocycles. The van der Waals surface area contributed by atoms with Gasteiger partial charge in [-0.3, -0.25) is 4.79 Å². The summed E-state index contributed by atoms with van der Waals surface area (Å²) < 4.78 is 1.79. The zero-order valence-electron chi connectivity index (χ0n) is 14.0. The van der Waals surface area contributed by atoms with Gasteiger partial charge >= 0.3 is 0 Å². The van der Waals surface area contributed by atoms with Crippen LogP contribution in [0.4, 0.5) is 5.69 Å². The van der Waals surface area contributed by atoms with Crippen LogP contribution in [0.2, 0.25) is 5.02 Å². The van der Waals surface area contributed by atoms with E-state index in [1.54, 1.807) is 10.7 Å². The topological polar surface area (TPSA) is 59.3 Å². The number of amides is 1. The number of nitrogens with one attached hydrogen (secondary N) is 1. The SMILES string of the molecule is CC(=O)Nc1cccc(-c2cnc3ccc(-c4cccc(Cl)c4)nn23)c1. The molecule has 6 heteroatoms. The standard InChI is InChI=1S/C20H15ClN4O/c1-13(26)23-17-7-3-5-15(11-17)19-12-22-20-9-8-18(24-25(19)20)14-4-2-6-16(21)10-14/h2-12H,1H3,(H,23,26). The maximum Gasteiger partial charge on any atom is 0.221 e. The Morgan fingerprint density at radius 1 is 1.04 bits per heavy atom. The Balaban J connectivity index is 1.81. The fourth-order valence-corrected chi connectivity index (χ4v) is 3.02. The van der Waals surface area contributed by atoms with Crippen molar-refractivity contribution in [3.8, 4) is 22.5 Å². The molecule has 0 saturated heterocycles. The van der Waals surface area contributed by atoms with Crippen LogP contribution in [0.25, 0.3) is 28.2 Å². The van der Waals surface area contributed by atoms with Gasteiger partial charge in [0.05, 0.1) is 17.6 Å². The van der Waals surface area contributed by atoms with E-state index in [0.717, 1.165) is 33.8 Å². The van der Waals surface area contributed by atoms with E-state index in [1.807, 2.05) is 60.7 Å². The lowest BCUT2D eigenvalue weighted by Gasteiger charge is -2.07. The van der Waals surface area contributed by atoms with Gasteiger partial charge in [-0.05, 0) is 36.4 Å². The summed E-state index contributed by atoms with van der Waals surface area (Å²) >= 11 is 6.10. The van der Waals surface area contributed by atoms with E-state index in [1.165, 1.54) is 6.92 Å². The molecule has 0 aliphatic rings. The average Bonchev–Trinajstić information content (AvgIpc) is 3.04. The normalized spacial score (nSPS) is 10.8. The molecule has 0 radical (unpaired) electrons. The summed E-state index contributed by atoms with van der Waals surface area (Å²) in [5, 5.41) is 8.18. The molecule has 128 valence electrons. The fraction of sp³-hybridized carbons (Fsp3) is 0.0500. The van der Waals surface area contributed by atoms with Crippen LogP contribution in [0.5, 0.6) is 0 Å². The molecule has 0 unspecified atom stereocenters. The van der Waals surface area contributed by atoms with Crippen molar-refractivity contribution in [3.63, 3.8) is 0 Å². The molecule has 0 aliphatic heterocycles. The van der Waals surface area contributed by atoms with Gasteiger partial charge in [-0.2, -0.15) is 5.10 Å². The van der Waals surface area contributed by atoms with Crippen molar-refractivity contribution < 1.29 is 4.79 Å². The molecular weight excluding hydrogens is 348 g/mol. The summed E-state index contributed by atoms with van der Waals surface area (Å²) in [6, 6.07) is 19.0. The summed E-state index contributed by atoms with van der Waals surface area (Å²) in [7, 11) is 0. The van der Waals surface area contributed by atoms with Gasteiger partial charge in [0.15, 0.2) is 5.65 Å². The van der Waals surface area contributed by atoms with E-state index in [2.05, 4.69) is 10.3 Å². The summed E-state index contributed by atoms with van der Waals surface area (Å²) in [4.78, 5) is 15.7. The lowest BCUT2D eigenvalue weighted by molar-refractivity contribution is -0.114. The second-order valence-corrected chi connectivity index (χ2v) is 6.34. The maximum atomic E-state index is 11.3. The lowest BCUT2D eigenvalue weighted by Crippen LogP contribution is -2.05. The van der Waals surface area contributed by atoms with Gasteiger partial charge in [0, 0.05) is 28.8 Å². The van der Waals surface area contributed by atoms with Crippen molar-refractivity contribution in [1.82, 2.24) is 14.6 Å². The highest BCUT2D eigenvalue weighted by atomic mass is 35.5. The van der Waals surface area contributed by atoms with Crippen LogP contribution in [0.3, 0.4) is 0 Å². The molecule has 0 atom stereocenters. The predicted molar refractivity (Wildman–Crippen MR) is 103 cm³/mol. The first-order valence-electron chi connectivity index (χ1n) is 8.09. The van der Waals surface area contributed by atoms with E-state index >= 15 is 0 Å². The number of hydrogen-bond acceptors (Lipinski definition) is 3. The van der Waals surface area contributed by atoms with Gasteiger partial charge in [-0.25, -0.2) is 9.50 Å². The van der Waals surface area contributed by atoms with Crippen molar-refractivity contribution in [1.29, 1.82) is 0 Å². The van der Waals surface area contributed by atoms with Crippen molar-refractivity contribution in [2.24, 2.45) is 0 Å². The van der Waals surface area contributed by atoms with Crippen LogP contribution in [0.15, 0.2) is 66.9 Å². The minimum absolute atomic E-state index is 0.110. The van der Waals surface area contributed by atoms with E-state index in [4.69, 9.17) is 16.7 Å². The van der Waals surface area contributed by atoms with Crippen LogP contribution in [0.1, 0.15) is 6.92 Å². The van der Waals surface area contributed by atoms with Crippen LogP contribution in [-0.4, -0.2) is 20.5 Å². The summed E-state index contributed by atoms with van der Waals surface area (Å²) in [5.74, 6) is -0.110. The second-order valence-electron chi connectivity index (χ2n) is 5.90. The number of aromatic nitrogens is 3. The van der Waals surface area contributed by atoms with Crippen LogP contribution >= 0.6 is 11.6 Å². The molecule has 1 N–H and O–H groups in total. The highest BCUT2D eigenvalue weighted by molar-refractivity contribution is 6.30. The molecule has 1 amide bonds. The monoisotopic (exact) mass is 362 g/mol. The number of rotatable bonds is 3. The molecule has 2 heterocycles. The molecular formula is C20H15ClN4O. The van der Waals surface area contributed by atoms with Crippen LogP contribution in [0, 0.1) is 0 Å². The second kappa shape index (κ2) is 6.61. The average molecular weight is 363 g/mol. The highest BCUT2D eigenvalue weighted by Gasteiger charge is 2.10. The Morgan fingerprint density at radius 3 is 2.65 bits per heavy atom. The number of fused-ring (bicyclic) bond motifs is 1. The summed E-state index contributed by atoms with van der Waals surface area (Å²) in [5.41, 5.74) is 4.98. The smallest absolute Gasteiger partial charge is 0.221 e. The van der Waals surface area contributed by atoms with Gasteiger partial charge in [0.25, 0.3) is 0 Å². The number of anilines is 1. The van der Waals surface area contributed by atoms with E-state index in [9.17, 15) is 4.79 Å².